The summed E-state index contributed by atoms with van der Waals surface area (Å²) in [6.07, 6.45) is 0.852. The second kappa shape index (κ2) is 5.25. The maximum atomic E-state index is 12.0. The van der Waals surface area contributed by atoms with Gasteiger partial charge in [0.05, 0.1) is 21.7 Å². The number of nitrogens with one attached hydrogen (secondary N) is 2. The third-order valence-electron chi connectivity index (χ3n) is 3.07. The second-order valence-electron chi connectivity index (χ2n) is 4.23. The van der Waals surface area contributed by atoms with Gasteiger partial charge in [0, 0.05) is 6.04 Å². The van der Waals surface area contributed by atoms with E-state index in [-0.39, 0.29) is 17.9 Å². The lowest BCUT2D eigenvalue weighted by molar-refractivity contribution is -0.119. The number of benzene rings is 1. The lowest BCUT2D eigenvalue weighted by atomic mass is 10.0. The van der Waals surface area contributed by atoms with Crippen LogP contribution >= 0.6 is 23.2 Å². The topological polar surface area (TPSA) is 41.1 Å². The molecular formula is C12H14Cl2N2O. The molecule has 17 heavy (non-hydrogen) atoms. The third-order valence-corrected chi connectivity index (χ3v) is 3.89. The number of hydrogen-bond acceptors (Lipinski definition) is 2. The Kier molecular flexibility index (Phi) is 3.92. The molecule has 2 atom stereocenters. The molecule has 1 heterocycles. The van der Waals surface area contributed by atoms with Crippen molar-refractivity contribution in [3.8, 4) is 0 Å². The molecule has 1 aliphatic heterocycles. The van der Waals surface area contributed by atoms with Crippen LogP contribution in [0.25, 0.3) is 0 Å². The van der Waals surface area contributed by atoms with Gasteiger partial charge in [-0.3, -0.25) is 4.79 Å². The number of rotatable bonds is 2. The van der Waals surface area contributed by atoms with Crippen molar-refractivity contribution in [1.82, 2.24) is 5.32 Å². The molecule has 5 heteroatoms. The number of carbonyl (C=O) groups excluding carboxylic acids is 1. The van der Waals surface area contributed by atoms with Crippen molar-refractivity contribution in [1.29, 1.82) is 0 Å². The van der Waals surface area contributed by atoms with Gasteiger partial charge < -0.3 is 10.6 Å². The normalized spacial score (nSPS) is 23.7. The molecule has 0 aliphatic carbocycles. The van der Waals surface area contributed by atoms with Crippen LogP contribution in [0.3, 0.4) is 0 Å². The van der Waals surface area contributed by atoms with Crippen molar-refractivity contribution in [2.45, 2.75) is 19.4 Å². The molecule has 1 aromatic carbocycles. The third kappa shape index (κ3) is 2.73. The van der Waals surface area contributed by atoms with Gasteiger partial charge >= 0.3 is 0 Å². The highest BCUT2D eigenvalue weighted by molar-refractivity contribution is 6.44. The van der Waals surface area contributed by atoms with Crippen molar-refractivity contribution >= 4 is 34.8 Å². The van der Waals surface area contributed by atoms with Crippen LogP contribution in [0.1, 0.15) is 13.3 Å². The molecular weight excluding hydrogens is 259 g/mol. The average molecular weight is 273 g/mol. The molecule has 0 radical (unpaired) electrons. The van der Waals surface area contributed by atoms with Gasteiger partial charge in [-0.25, -0.2) is 0 Å². The summed E-state index contributed by atoms with van der Waals surface area (Å²) < 4.78 is 0. The molecule has 3 nitrogen and oxygen atoms in total. The summed E-state index contributed by atoms with van der Waals surface area (Å²) in [5, 5.41) is 6.91. The van der Waals surface area contributed by atoms with Crippen LogP contribution in [0.4, 0.5) is 5.69 Å². The Morgan fingerprint density at radius 3 is 2.88 bits per heavy atom. The molecule has 1 saturated heterocycles. The average Bonchev–Trinajstić information content (AvgIpc) is 2.71. The summed E-state index contributed by atoms with van der Waals surface area (Å²) in [4.78, 5) is 12.0. The number of hydrogen-bond donors (Lipinski definition) is 2. The molecule has 1 aromatic rings. The standard InChI is InChI=1S/C12H14Cl2N2O/c1-7-8(5-6-15-7)12(17)16-10-4-2-3-9(13)11(10)14/h2-4,7-8,15H,5-6H2,1H3,(H,16,17). The van der Waals surface area contributed by atoms with Crippen LogP contribution in [-0.2, 0) is 4.79 Å². The largest absolute Gasteiger partial charge is 0.324 e. The van der Waals surface area contributed by atoms with E-state index in [0.717, 1.165) is 13.0 Å². The Labute approximate surface area is 110 Å². The van der Waals surface area contributed by atoms with Gasteiger partial charge in [-0.2, -0.15) is 0 Å². The summed E-state index contributed by atoms with van der Waals surface area (Å²) in [6, 6.07) is 5.41. The minimum absolute atomic E-state index is 0.00772. The molecule has 0 saturated carbocycles. The van der Waals surface area contributed by atoms with E-state index in [9.17, 15) is 4.79 Å². The Morgan fingerprint density at radius 2 is 2.24 bits per heavy atom. The van der Waals surface area contributed by atoms with E-state index in [2.05, 4.69) is 10.6 Å². The molecule has 0 spiro atoms. The fraction of sp³-hybridized carbons (Fsp3) is 0.417. The molecule has 0 bridgehead atoms. The smallest absolute Gasteiger partial charge is 0.229 e. The van der Waals surface area contributed by atoms with Gasteiger partial charge in [0.25, 0.3) is 0 Å². The predicted octanol–water partition coefficient (Wildman–Crippen LogP) is 2.93. The molecule has 1 amide bonds. The number of anilines is 1. The lowest BCUT2D eigenvalue weighted by Crippen LogP contribution is -2.32. The number of amides is 1. The predicted molar refractivity (Wildman–Crippen MR) is 70.7 cm³/mol. The van der Waals surface area contributed by atoms with Crippen LogP contribution in [0, 0.1) is 5.92 Å². The molecule has 1 fully saturated rings. The fourth-order valence-electron chi connectivity index (χ4n) is 2.04. The monoisotopic (exact) mass is 272 g/mol. The first-order valence-corrected chi connectivity index (χ1v) is 6.33. The fourth-order valence-corrected chi connectivity index (χ4v) is 2.39. The van der Waals surface area contributed by atoms with E-state index in [0.29, 0.717) is 15.7 Å². The summed E-state index contributed by atoms with van der Waals surface area (Å²) in [7, 11) is 0. The first-order chi connectivity index (χ1) is 8.09. The SMILES string of the molecule is CC1NCCC1C(=O)Nc1cccc(Cl)c1Cl. The van der Waals surface area contributed by atoms with E-state index in [1.165, 1.54) is 0 Å². The lowest BCUT2D eigenvalue weighted by Gasteiger charge is -2.15. The van der Waals surface area contributed by atoms with Gasteiger partial charge in [-0.1, -0.05) is 29.3 Å². The highest BCUT2D eigenvalue weighted by atomic mass is 35.5. The molecule has 92 valence electrons. The van der Waals surface area contributed by atoms with Crippen LogP contribution in [0.15, 0.2) is 18.2 Å². The van der Waals surface area contributed by atoms with Crippen molar-refractivity contribution in [2.24, 2.45) is 5.92 Å². The molecule has 2 unspecified atom stereocenters. The van der Waals surface area contributed by atoms with E-state index < -0.39 is 0 Å². The Balaban J connectivity index is 2.10. The first-order valence-electron chi connectivity index (χ1n) is 5.58. The molecule has 1 aliphatic rings. The summed E-state index contributed by atoms with van der Waals surface area (Å²) in [6.45, 7) is 2.89. The van der Waals surface area contributed by atoms with E-state index in [1.54, 1.807) is 18.2 Å². The Bertz CT molecular complexity index is 437. The molecule has 2 N–H and O–H groups in total. The van der Waals surface area contributed by atoms with Crippen LogP contribution in [-0.4, -0.2) is 18.5 Å². The van der Waals surface area contributed by atoms with Gasteiger partial charge in [-0.15, -0.1) is 0 Å². The van der Waals surface area contributed by atoms with Crippen molar-refractivity contribution in [3.05, 3.63) is 28.2 Å². The van der Waals surface area contributed by atoms with Crippen molar-refractivity contribution in [3.63, 3.8) is 0 Å². The van der Waals surface area contributed by atoms with E-state index in [1.807, 2.05) is 6.92 Å². The zero-order chi connectivity index (χ0) is 12.4. The number of halogens is 2. The van der Waals surface area contributed by atoms with Crippen LogP contribution < -0.4 is 10.6 Å². The minimum atomic E-state index is -0.00921. The maximum Gasteiger partial charge on any atom is 0.229 e. The van der Waals surface area contributed by atoms with Gasteiger partial charge in [0.2, 0.25) is 5.91 Å². The highest BCUT2D eigenvalue weighted by Gasteiger charge is 2.29. The Morgan fingerprint density at radius 1 is 1.47 bits per heavy atom. The maximum absolute atomic E-state index is 12.0. The summed E-state index contributed by atoms with van der Waals surface area (Å²) in [5.74, 6) is -0.0169. The van der Waals surface area contributed by atoms with Crippen molar-refractivity contribution in [2.75, 3.05) is 11.9 Å². The zero-order valence-corrected chi connectivity index (χ0v) is 11.0. The number of carbonyl (C=O) groups is 1. The van der Waals surface area contributed by atoms with E-state index in [4.69, 9.17) is 23.2 Å². The Hall–Kier alpha value is -0.770. The van der Waals surface area contributed by atoms with Crippen LogP contribution in [0.5, 0.6) is 0 Å². The summed E-state index contributed by atoms with van der Waals surface area (Å²) in [5.41, 5.74) is 0.572. The second-order valence-corrected chi connectivity index (χ2v) is 5.01. The summed E-state index contributed by atoms with van der Waals surface area (Å²) >= 11 is 11.9. The minimum Gasteiger partial charge on any atom is -0.324 e. The highest BCUT2D eigenvalue weighted by Crippen LogP contribution is 2.30. The van der Waals surface area contributed by atoms with Gasteiger partial charge in [0.15, 0.2) is 0 Å². The van der Waals surface area contributed by atoms with Crippen molar-refractivity contribution < 1.29 is 4.79 Å². The molecule has 2 rings (SSSR count). The molecule has 0 aromatic heterocycles. The van der Waals surface area contributed by atoms with E-state index >= 15 is 0 Å². The van der Waals surface area contributed by atoms with Gasteiger partial charge in [-0.05, 0) is 32.0 Å². The van der Waals surface area contributed by atoms with Gasteiger partial charge in [0.1, 0.15) is 0 Å². The quantitative estimate of drug-likeness (QED) is 0.869. The zero-order valence-electron chi connectivity index (χ0n) is 9.47. The van der Waals surface area contributed by atoms with Crippen LogP contribution in [0.2, 0.25) is 10.0 Å². The first kappa shape index (κ1) is 12.7.